The third-order valence-electron chi connectivity index (χ3n) is 5.18. The molecule has 0 aromatic heterocycles. The average Bonchev–Trinajstić information content (AvgIpc) is 2.80. The Balaban J connectivity index is 1.75. The number of para-hydroxylation sites is 1. The van der Waals surface area contributed by atoms with E-state index in [1.54, 1.807) is 30.3 Å². The van der Waals surface area contributed by atoms with Gasteiger partial charge in [-0.1, -0.05) is 35.9 Å². The lowest BCUT2D eigenvalue weighted by atomic mass is 10.1. The molecule has 0 heterocycles. The van der Waals surface area contributed by atoms with Crippen molar-refractivity contribution in [2.45, 2.75) is 20.8 Å². The first kappa shape index (κ1) is 24.6. The van der Waals surface area contributed by atoms with Gasteiger partial charge in [0.1, 0.15) is 17.4 Å². The van der Waals surface area contributed by atoms with Crippen molar-refractivity contribution < 1.29 is 14.3 Å². The van der Waals surface area contributed by atoms with Crippen LogP contribution in [0.25, 0.3) is 6.08 Å². The van der Waals surface area contributed by atoms with Gasteiger partial charge in [-0.05, 0) is 79.9 Å². The van der Waals surface area contributed by atoms with Crippen LogP contribution in [0.1, 0.15) is 22.3 Å². The van der Waals surface area contributed by atoms with E-state index in [-0.39, 0.29) is 18.1 Å². The van der Waals surface area contributed by atoms with Gasteiger partial charge in [-0.3, -0.25) is 9.59 Å². The zero-order valence-electron chi connectivity index (χ0n) is 19.1. The first-order valence-electron chi connectivity index (χ1n) is 10.5. The molecule has 2 amide bonds. The third kappa shape index (κ3) is 6.47. The van der Waals surface area contributed by atoms with E-state index < -0.39 is 5.91 Å². The average molecular weight is 474 g/mol. The summed E-state index contributed by atoms with van der Waals surface area (Å²) in [6, 6.07) is 19.6. The second kappa shape index (κ2) is 11.2. The van der Waals surface area contributed by atoms with E-state index in [1.807, 2.05) is 57.2 Å². The van der Waals surface area contributed by atoms with Crippen LogP contribution >= 0.6 is 11.6 Å². The number of hydrogen-bond acceptors (Lipinski definition) is 4. The van der Waals surface area contributed by atoms with Gasteiger partial charge >= 0.3 is 0 Å². The molecule has 0 bridgehead atoms. The molecule has 34 heavy (non-hydrogen) atoms. The zero-order valence-corrected chi connectivity index (χ0v) is 19.9. The van der Waals surface area contributed by atoms with Crippen molar-refractivity contribution in [2.75, 3.05) is 17.2 Å². The number of anilines is 2. The van der Waals surface area contributed by atoms with Gasteiger partial charge in [0.05, 0.1) is 0 Å². The largest absolute Gasteiger partial charge is 0.483 e. The Kier molecular flexibility index (Phi) is 8.07. The molecule has 3 aromatic carbocycles. The van der Waals surface area contributed by atoms with Gasteiger partial charge < -0.3 is 15.4 Å². The number of carbonyl (C=O) groups excluding carboxylic acids is 2. The molecule has 0 spiro atoms. The summed E-state index contributed by atoms with van der Waals surface area (Å²) < 4.78 is 5.69. The smallest absolute Gasteiger partial charge is 0.266 e. The van der Waals surface area contributed by atoms with Gasteiger partial charge in [-0.15, -0.1) is 0 Å². The number of halogens is 1. The van der Waals surface area contributed by atoms with E-state index in [2.05, 4.69) is 10.6 Å². The number of nitrogens with zero attached hydrogens (tertiary/aromatic N) is 1. The van der Waals surface area contributed by atoms with Gasteiger partial charge in [0.2, 0.25) is 0 Å². The van der Waals surface area contributed by atoms with Gasteiger partial charge in [-0.2, -0.15) is 5.26 Å². The summed E-state index contributed by atoms with van der Waals surface area (Å²) in [5.41, 5.74) is 4.63. The Bertz CT molecular complexity index is 1310. The van der Waals surface area contributed by atoms with Crippen molar-refractivity contribution in [3.8, 4) is 11.8 Å². The van der Waals surface area contributed by atoms with Crippen molar-refractivity contribution in [1.82, 2.24) is 0 Å². The van der Waals surface area contributed by atoms with Gasteiger partial charge in [0.25, 0.3) is 11.8 Å². The molecule has 0 aliphatic heterocycles. The van der Waals surface area contributed by atoms with Crippen molar-refractivity contribution >= 4 is 40.9 Å². The number of ether oxygens (including phenoxy) is 1. The highest BCUT2D eigenvalue weighted by Gasteiger charge is 2.14. The molecule has 172 valence electrons. The fourth-order valence-corrected chi connectivity index (χ4v) is 3.31. The van der Waals surface area contributed by atoms with Crippen molar-refractivity contribution in [3.63, 3.8) is 0 Å². The lowest BCUT2D eigenvalue weighted by molar-refractivity contribution is -0.118. The Labute approximate surface area is 203 Å². The predicted molar refractivity (Wildman–Crippen MR) is 135 cm³/mol. The molecular formula is C27H24ClN3O3. The van der Waals surface area contributed by atoms with Gasteiger partial charge in [-0.25, -0.2) is 0 Å². The van der Waals surface area contributed by atoms with Crippen LogP contribution in [-0.4, -0.2) is 18.4 Å². The number of benzene rings is 3. The van der Waals surface area contributed by atoms with E-state index in [0.29, 0.717) is 27.7 Å². The highest BCUT2D eigenvalue weighted by molar-refractivity contribution is 6.30. The standard InChI is InChI=1S/C27H24ClN3O3/c1-17-8-10-23(12-19(17)3)30-26(32)16-34-25-11-9-22(28)14-20(25)13-21(15-29)27(33)31-24-7-5-4-6-18(24)2/h4-14H,16H2,1-3H3,(H,30,32)(H,31,33)/b21-13-. The fourth-order valence-electron chi connectivity index (χ4n) is 3.13. The van der Waals surface area contributed by atoms with Crippen LogP contribution in [0, 0.1) is 32.1 Å². The SMILES string of the molecule is Cc1ccc(NC(=O)COc2ccc(Cl)cc2/C=C(/C#N)C(=O)Nc2ccccc2C)cc1C. The van der Waals surface area contributed by atoms with Crippen LogP contribution in [0.3, 0.4) is 0 Å². The number of amides is 2. The minimum absolute atomic E-state index is 0.130. The quantitative estimate of drug-likeness (QED) is 0.333. The molecule has 2 N–H and O–H groups in total. The summed E-state index contributed by atoms with van der Waals surface area (Å²) in [7, 11) is 0. The number of nitrogens with one attached hydrogen (secondary N) is 2. The molecule has 0 aliphatic carbocycles. The predicted octanol–water partition coefficient (Wildman–Crippen LogP) is 5.83. The molecule has 0 fully saturated rings. The zero-order chi connectivity index (χ0) is 24.7. The number of nitriles is 1. The molecular weight excluding hydrogens is 450 g/mol. The summed E-state index contributed by atoms with van der Waals surface area (Å²) in [6.07, 6.45) is 1.38. The first-order valence-corrected chi connectivity index (χ1v) is 10.9. The number of hydrogen-bond donors (Lipinski definition) is 2. The van der Waals surface area contributed by atoms with E-state index >= 15 is 0 Å². The maximum atomic E-state index is 12.7. The van der Waals surface area contributed by atoms with Crippen LogP contribution in [0.2, 0.25) is 5.02 Å². The van der Waals surface area contributed by atoms with Crippen molar-refractivity contribution in [1.29, 1.82) is 5.26 Å². The molecule has 0 unspecified atom stereocenters. The topological polar surface area (TPSA) is 91.2 Å². The molecule has 0 saturated carbocycles. The molecule has 0 aliphatic rings. The molecule has 0 radical (unpaired) electrons. The van der Waals surface area contributed by atoms with Crippen molar-refractivity contribution in [2.24, 2.45) is 0 Å². The van der Waals surface area contributed by atoms with Crippen LogP contribution in [0.5, 0.6) is 5.75 Å². The Morgan fingerprint density at radius 3 is 2.44 bits per heavy atom. The third-order valence-corrected chi connectivity index (χ3v) is 5.41. The summed E-state index contributed by atoms with van der Waals surface area (Å²) in [5.74, 6) is -0.586. The second-order valence-corrected chi connectivity index (χ2v) is 8.19. The molecule has 7 heteroatoms. The maximum absolute atomic E-state index is 12.7. The van der Waals surface area contributed by atoms with Crippen LogP contribution < -0.4 is 15.4 Å². The fraction of sp³-hybridized carbons (Fsp3) is 0.148. The van der Waals surface area contributed by atoms with Gasteiger partial charge in [0, 0.05) is 22.0 Å². The molecule has 0 atom stereocenters. The van der Waals surface area contributed by atoms with Crippen LogP contribution in [-0.2, 0) is 9.59 Å². The summed E-state index contributed by atoms with van der Waals surface area (Å²) >= 11 is 6.12. The minimum Gasteiger partial charge on any atom is -0.483 e. The normalized spacial score (nSPS) is 10.9. The van der Waals surface area contributed by atoms with E-state index in [1.165, 1.54) is 6.08 Å². The van der Waals surface area contributed by atoms with E-state index in [0.717, 1.165) is 16.7 Å². The highest BCUT2D eigenvalue weighted by atomic mass is 35.5. The van der Waals surface area contributed by atoms with Gasteiger partial charge in [0.15, 0.2) is 6.61 Å². The molecule has 6 nitrogen and oxygen atoms in total. The number of aryl methyl sites for hydroxylation is 3. The number of carbonyl (C=O) groups is 2. The maximum Gasteiger partial charge on any atom is 0.266 e. The van der Waals surface area contributed by atoms with Crippen LogP contribution in [0.15, 0.2) is 66.2 Å². The molecule has 3 aromatic rings. The lowest BCUT2D eigenvalue weighted by Gasteiger charge is -2.12. The second-order valence-electron chi connectivity index (χ2n) is 7.76. The Hall–Kier alpha value is -4.08. The van der Waals surface area contributed by atoms with Crippen molar-refractivity contribution in [3.05, 3.63) is 93.5 Å². The van der Waals surface area contributed by atoms with Crippen LogP contribution in [0.4, 0.5) is 11.4 Å². The summed E-state index contributed by atoms with van der Waals surface area (Å²) in [4.78, 5) is 25.1. The Morgan fingerprint density at radius 2 is 1.74 bits per heavy atom. The number of rotatable bonds is 7. The van der Waals surface area contributed by atoms with E-state index in [9.17, 15) is 14.9 Å². The van der Waals surface area contributed by atoms with E-state index in [4.69, 9.17) is 16.3 Å². The summed E-state index contributed by atoms with van der Waals surface area (Å²) in [5, 5.41) is 15.5. The monoisotopic (exact) mass is 473 g/mol. The lowest BCUT2D eigenvalue weighted by Crippen LogP contribution is -2.20. The first-order chi connectivity index (χ1) is 16.3. The summed E-state index contributed by atoms with van der Waals surface area (Å²) in [6.45, 7) is 5.57. The molecule has 3 rings (SSSR count). The Morgan fingerprint density at radius 1 is 0.971 bits per heavy atom. The molecule has 0 saturated heterocycles. The minimum atomic E-state index is -0.560. The highest BCUT2D eigenvalue weighted by Crippen LogP contribution is 2.26.